The van der Waals surface area contributed by atoms with E-state index in [0.29, 0.717) is 0 Å². The van der Waals surface area contributed by atoms with Gasteiger partial charge in [-0.3, -0.25) is 0 Å². The van der Waals surface area contributed by atoms with Crippen molar-refractivity contribution < 1.29 is 104 Å². The maximum atomic E-state index is 8.36. The van der Waals surface area contributed by atoms with E-state index in [-0.39, 0.29) is 72.8 Å². The van der Waals surface area contributed by atoms with Gasteiger partial charge in [-0.25, -0.2) is 0 Å². The van der Waals surface area contributed by atoms with Crippen molar-refractivity contribution in [3.05, 3.63) is 30.3 Å². The zero-order chi connectivity index (χ0) is 10.7. The summed E-state index contributed by atoms with van der Waals surface area (Å²) >= 11 is 0. The monoisotopic (exact) mass is 455 g/mol. The maximum absolute atomic E-state index is 8.36. The molecule has 0 fully saturated rings. The first-order chi connectivity index (χ1) is 5.20. The summed E-state index contributed by atoms with van der Waals surface area (Å²) < 4.78 is 0. The van der Waals surface area contributed by atoms with E-state index < -0.39 is 15.3 Å². The second-order valence-electron chi connectivity index (χ2n) is 0.714. The summed E-state index contributed by atoms with van der Waals surface area (Å²) in [5, 5.41) is 40.9. The summed E-state index contributed by atoms with van der Waals surface area (Å²) in [5.41, 5.74) is 0. The number of rotatable bonds is 0. The Morgan fingerprint density at radius 3 is 0.526 bits per heavy atom. The molecule has 19 heteroatoms. The standard InChI is InChI=1S/Gd.3HNO3.6H2O/c;3*2-1(3)4;;;;;;/h;3*(H,2,3,4);6*1H2. The molecule has 0 amide bonds. The van der Waals surface area contributed by atoms with Crippen LogP contribution in [0.4, 0.5) is 0 Å². The van der Waals surface area contributed by atoms with E-state index >= 15 is 0 Å². The Hall–Kier alpha value is -1.32. The molecule has 0 aliphatic rings. The van der Waals surface area contributed by atoms with Crippen LogP contribution >= 0.6 is 0 Å². The van der Waals surface area contributed by atoms with Crippen molar-refractivity contribution in [3.8, 4) is 0 Å². The van der Waals surface area contributed by atoms with Crippen molar-refractivity contribution in [2.24, 2.45) is 0 Å². The van der Waals surface area contributed by atoms with E-state index in [9.17, 15) is 0 Å². The molecule has 0 aromatic rings. The largest absolute Gasteiger partial charge is 0.412 e. The van der Waals surface area contributed by atoms with E-state index in [1.807, 2.05) is 0 Å². The summed E-state index contributed by atoms with van der Waals surface area (Å²) in [7, 11) is 0. The fourth-order valence-electron chi connectivity index (χ4n) is 0. The van der Waals surface area contributed by atoms with Crippen LogP contribution in [-0.4, -0.2) is 63.7 Å². The Morgan fingerprint density at radius 1 is 0.526 bits per heavy atom. The molecule has 0 radical (unpaired) electrons. The first-order valence-electron chi connectivity index (χ1n) is 1.70. The van der Waals surface area contributed by atoms with Gasteiger partial charge in [0.25, 0.3) is 15.3 Å². The third kappa shape index (κ3) is 2080. The molecule has 0 aliphatic heterocycles. The van der Waals surface area contributed by atoms with Crippen LogP contribution in [0, 0.1) is 70.3 Å². The van der Waals surface area contributed by atoms with Crippen LogP contribution < -0.4 is 0 Å². The minimum atomic E-state index is -1.50. The molecular weight excluding hydrogens is 439 g/mol. The van der Waals surface area contributed by atoms with Crippen molar-refractivity contribution in [2.75, 3.05) is 0 Å². The zero-order valence-electron chi connectivity index (χ0n) is 8.49. The molecular formula is H15GdN3O15. The molecule has 0 bridgehead atoms. The van der Waals surface area contributed by atoms with Gasteiger partial charge in [0.1, 0.15) is 0 Å². The molecule has 19 heavy (non-hydrogen) atoms. The van der Waals surface area contributed by atoms with E-state index in [0.717, 1.165) is 0 Å². The molecule has 0 saturated heterocycles. The van der Waals surface area contributed by atoms with Gasteiger partial charge >= 0.3 is 0 Å². The Kier molecular flexibility index (Phi) is 305. The fourth-order valence-corrected chi connectivity index (χ4v) is 0. The summed E-state index contributed by atoms with van der Waals surface area (Å²) in [6, 6.07) is 0. The van der Waals surface area contributed by atoms with Crippen molar-refractivity contribution in [1.82, 2.24) is 0 Å². The second-order valence-corrected chi connectivity index (χ2v) is 0.714. The Labute approximate surface area is 134 Å². The van der Waals surface area contributed by atoms with Crippen molar-refractivity contribution in [3.63, 3.8) is 0 Å². The quantitative estimate of drug-likeness (QED) is 0.231. The molecule has 0 aromatic carbocycles. The zero-order valence-corrected chi connectivity index (χ0v) is 10.8. The third-order valence-corrected chi connectivity index (χ3v) is 0. The summed E-state index contributed by atoms with van der Waals surface area (Å²) in [6.07, 6.45) is 0. The average Bonchev–Trinajstić information content (AvgIpc) is 1.54. The van der Waals surface area contributed by atoms with Crippen LogP contribution in [0.2, 0.25) is 0 Å². The van der Waals surface area contributed by atoms with Crippen LogP contribution in [-0.2, 0) is 0 Å². The number of hydrogen-bond acceptors (Lipinski definition) is 6. The fraction of sp³-hybridized carbons (Fsp3) is 0. The van der Waals surface area contributed by atoms with E-state index in [4.69, 9.17) is 46.0 Å². The molecule has 15 N–H and O–H groups in total. The van der Waals surface area contributed by atoms with Gasteiger partial charge in [-0.05, 0) is 0 Å². The summed E-state index contributed by atoms with van der Waals surface area (Å²) in [4.78, 5) is 25.1. The summed E-state index contributed by atoms with van der Waals surface area (Å²) in [6.45, 7) is 0. The summed E-state index contributed by atoms with van der Waals surface area (Å²) in [5.74, 6) is 0. The minimum Gasteiger partial charge on any atom is -0.412 e. The van der Waals surface area contributed by atoms with Crippen LogP contribution in [0.15, 0.2) is 0 Å². The molecule has 0 rings (SSSR count). The topological polar surface area (TPSA) is 379 Å². The van der Waals surface area contributed by atoms with E-state index in [1.165, 1.54) is 0 Å². The van der Waals surface area contributed by atoms with Gasteiger partial charge in [0.05, 0.1) is 0 Å². The Morgan fingerprint density at radius 2 is 0.526 bits per heavy atom. The molecule has 0 aromatic heterocycles. The normalized spacial score (nSPS) is 3.79. The number of nitrogens with zero attached hydrogens (tertiary/aromatic N) is 3. The smallest absolute Gasteiger partial charge is 0.291 e. The van der Waals surface area contributed by atoms with E-state index in [2.05, 4.69) is 0 Å². The van der Waals surface area contributed by atoms with Gasteiger partial charge in [-0.1, -0.05) is 0 Å². The van der Waals surface area contributed by atoms with Gasteiger partial charge < -0.3 is 48.5 Å². The van der Waals surface area contributed by atoms with Gasteiger partial charge in [0.2, 0.25) is 0 Å². The van der Waals surface area contributed by atoms with Gasteiger partial charge in [0.15, 0.2) is 0 Å². The van der Waals surface area contributed by atoms with Crippen LogP contribution in [0.3, 0.4) is 0 Å². The first kappa shape index (κ1) is 83.4. The minimum absolute atomic E-state index is 0. The average molecular weight is 454 g/mol. The third-order valence-electron chi connectivity index (χ3n) is 0. The van der Waals surface area contributed by atoms with Crippen LogP contribution in [0.5, 0.6) is 0 Å². The Balaban J connectivity index is -0.00000000675. The molecule has 0 atom stereocenters. The first-order valence-corrected chi connectivity index (χ1v) is 1.70. The van der Waals surface area contributed by atoms with Crippen molar-refractivity contribution >= 4 is 0 Å². The van der Waals surface area contributed by atoms with Crippen molar-refractivity contribution in [2.45, 2.75) is 0 Å². The molecule has 0 spiro atoms. The SMILES string of the molecule is O.O.O.O.O.O.O=[N+]([O-])O.O=[N+]([O-])O.O=[N+]([O-])O.[Gd]. The molecule has 0 unspecified atom stereocenters. The van der Waals surface area contributed by atoms with Crippen molar-refractivity contribution in [1.29, 1.82) is 0 Å². The van der Waals surface area contributed by atoms with Gasteiger partial charge in [-0.2, -0.15) is 0 Å². The molecule has 0 aliphatic carbocycles. The maximum Gasteiger partial charge on any atom is 0.291 e. The van der Waals surface area contributed by atoms with Gasteiger partial charge in [0, 0.05) is 39.9 Å². The molecule has 0 saturated carbocycles. The van der Waals surface area contributed by atoms with Crippen LogP contribution in [0.1, 0.15) is 0 Å². The second kappa shape index (κ2) is 69.5. The van der Waals surface area contributed by atoms with Gasteiger partial charge in [-0.15, -0.1) is 30.3 Å². The number of hydrogen-bond donors (Lipinski definition) is 3. The molecule has 0 heterocycles. The van der Waals surface area contributed by atoms with Crippen LogP contribution in [0.25, 0.3) is 0 Å². The molecule has 18 nitrogen and oxygen atoms in total. The molecule has 128 valence electrons. The predicted octanol–water partition coefficient (Wildman–Crippen LogP) is -5.99. The Bertz CT molecular complexity index is 115. The van der Waals surface area contributed by atoms with E-state index in [1.54, 1.807) is 0 Å². The predicted molar refractivity (Wildman–Crippen MR) is 48.0 cm³/mol.